The minimum atomic E-state index is -1.93. The molecule has 0 bridgehead atoms. The Kier molecular flexibility index (Phi) is 4.81. The largest absolute Gasteiger partial charge is 0.465 e. The lowest BCUT2D eigenvalue weighted by atomic mass is 10.0. The van der Waals surface area contributed by atoms with Crippen molar-refractivity contribution in [3.63, 3.8) is 0 Å². The third kappa shape index (κ3) is 3.70. The van der Waals surface area contributed by atoms with Gasteiger partial charge in [-0.25, -0.2) is 4.79 Å². The van der Waals surface area contributed by atoms with Gasteiger partial charge >= 0.3 is 6.09 Å². The second-order valence-corrected chi connectivity index (χ2v) is 11.6. The van der Waals surface area contributed by atoms with Crippen molar-refractivity contribution < 1.29 is 19.1 Å². The number of hydrogen-bond acceptors (Lipinski definition) is 3. The maximum absolute atomic E-state index is 11.6. The molecule has 0 saturated heterocycles. The zero-order valence-corrected chi connectivity index (χ0v) is 14.2. The highest BCUT2D eigenvalue weighted by Gasteiger charge is 2.39. The summed E-state index contributed by atoms with van der Waals surface area (Å²) in [6, 6.07) is -0.376. The summed E-state index contributed by atoms with van der Waals surface area (Å²) in [6.07, 6.45) is 0.624. The first kappa shape index (κ1) is 16.9. The van der Waals surface area contributed by atoms with E-state index < -0.39 is 14.4 Å². The minimum absolute atomic E-state index is 0.0737. The van der Waals surface area contributed by atoms with Crippen molar-refractivity contribution in [2.45, 2.75) is 51.9 Å². The Hall–Kier alpha value is -1.14. The molecule has 6 heteroatoms. The molecular formula is C14H25NO4Si. The van der Waals surface area contributed by atoms with E-state index in [1.165, 1.54) is 0 Å². The van der Waals surface area contributed by atoms with Crippen LogP contribution in [-0.4, -0.2) is 49.4 Å². The highest BCUT2D eigenvalue weighted by Crippen LogP contribution is 2.36. The van der Waals surface area contributed by atoms with Gasteiger partial charge in [-0.05, 0) is 30.6 Å². The van der Waals surface area contributed by atoms with Crippen molar-refractivity contribution in [2.24, 2.45) is 0 Å². The zero-order valence-electron chi connectivity index (χ0n) is 13.2. The van der Waals surface area contributed by atoms with E-state index in [0.717, 1.165) is 4.90 Å². The summed E-state index contributed by atoms with van der Waals surface area (Å²) in [7, 11) is -1.93. The molecule has 114 valence electrons. The van der Waals surface area contributed by atoms with E-state index in [1.807, 2.05) is 0 Å². The molecule has 0 fully saturated rings. The number of carboxylic acid groups (broad SMARTS) is 1. The van der Waals surface area contributed by atoms with Gasteiger partial charge in [-0.2, -0.15) is 0 Å². The van der Waals surface area contributed by atoms with Gasteiger partial charge in [0.1, 0.15) is 0 Å². The van der Waals surface area contributed by atoms with E-state index in [-0.39, 0.29) is 23.4 Å². The zero-order chi connectivity index (χ0) is 15.7. The Labute approximate surface area is 121 Å². The van der Waals surface area contributed by atoms with Crippen molar-refractivity contribution in [3.05, 3.63) is 11.6 Å². The van der Waals surface area contributed by atoms with Crippen molar-refractivity contribution in [1.82, 2.24) is 4.90 Å². The molecule has 0 unspecified atom stereocenters. The van der Waals surface area contributed by atoms with E-state index in [2.05, 4.69) is 33.9 Å². The maximum Gasteiger partial charge on any atom is 0.408 e. The number of hydrogen-bond donors (Lipinski definition) is 1. The van der Waals surface area contributed by atoms with Crippen LogP contribution >= 0.6 is 0 Å². The SMILES string of the molecule is CC1=C[C@@H](CO[Si](C)(C)C(C)(C)C)N(C(=O)O)CC1=O. The summed E-state index contributed by atoms with van der Waals surface area (Å²) >= 11 is 0. The van der Waals surface area contributed by atoms with E-state index in [1.54, 1.807) is 13.0 Å². The van der Waals surface area contributed by atoms with Gasteiger partial charge in [-0.1, -0.05) is 26.8 Å². The monoisotopic (exact) mass is 299 g/mol. The lowest BCUT2D eigenvalue weighted by Crippen LogP contribution is -2.50. The van der Waals surface area contributed by atoms with Gasteiger partial charge in [0.2, 0.25) is 0 Å². The van der Waals surface area contributed by atoms with Gasteiger partial charge in [0, 0.05) is 0 Å². The molecule has 0 saturated carbocycles. The average Bonchev–Trinajstić information content (AvgIpc) is 2.28. The Morgan fingerprint density at radius 2 is 2.05 bits per heavy atom. The average molecular weight is 299 g/mol. The molecular weight excluding hydrogens is 274 g/mol. The molecule has 0 aromatic rings. The van der Waals surface area contributed by atoms with E-state index in [9.17, 15) is 14.7 Å². The van der Waals surface area contributed by atoms with E-state index in [4.69, 9.17) is 4.43 Å². The lowest BCUT2D eigenvalue weighted by Gasteiger charge is -2.39. The fourth-order valence-electron chi connectivity index (χ4n) is 1.73. The molecule has 1 rings (SSSR count). The standard InChI is InChI=1S/C14H25NO4Si/c1-10-7-11(15(13(17)18)8-12(10)16)9-19-20(5,6)14(2,3)4/h7,11H,8-9H2,1-6H3,(H,17,18)/t11-/m0/s1. The number of ketones is 1. The molecule has 0 aliphatic carbocycles. The Morgan fingerprint density at radius 1 is 1.50 bits per heavy atom. The molecule has 20 heavy (non-hydrogen) atoms. The number of nitrogens with zero attached hydrogens (tertiary/aromatic N) is 1. The van der Waals surface area contributed by atoms with Crippen LogP contribution in [0.15, 0.2) is 11.6 Å². The predicted molar refractivity (Wildman–Crippen MR) is 80.4 cm³/mol. The number of Topliss-reactive ketones (excluding diaryl/α,β-unsaturated/α-hetero) is 1. The number of rotatable bonds is 3. The number of amides is 1. The molecule has 1 atom stereocenters. The van der Waals surface area contributed by atoms with Crippen LogP contribution in [-0.2, 0) is 9.22 Å². The topological polar surface area (TPSA) is 66.8 Å². The summed E-state index contributed by atoms with van der Waals surface area (Å²) < 4.78 is 6.08. The summed E-state index contributed by atoms with van der Waals surface area (Å²) in [5.41, 5.74) is 0.617. The maximum atomic E-state index is 11.6. The van der Waals surface area contributed by atoms with Crippen LogP contribution in [0.25, 0.3) is 0 Å². The van der Waals surface area contributed by atoms with Crippen LogP contribution in [0.2, 0.25) is 18.1 Å². The fourth-order valence-corrected chi connectivity index (χ4v) is 2.75. The first-order valence-electron chi connectivity index (χ1n) is 6.81. The highest BCUT2D eigenvalue weighted by atomic mass is 28.4. The summed E-state index contributed by atoms with van der Waals surface area (Å²) in [5, 5.41) is 9.28. The Morgan fingerprint density at radius 3 is 2.50 bits per heavy atom. The van der Waals surface area contributed by atoms with Crippen LogP contribution < -0.4 is 0 Å². The highest BCUT2D eigenvalue weighted by molar-refractivity contribution is 6.74. The molecule has 0 spiro atoms. The quantitative estimate of drug-likeness (QED) is 0.814. The van der Waals surface area contributed by atoms with Crippen LogP contribution in [0, 0.1) is 0 Å². The predicted octanol–water partition coefficient (Wildman–Crippen LogP) is 2.89. The van der Waals surface area contributed by atoms with Gasteiger partial charge in [0.25, 0.3) is 0 Å². The summed E-state index contributed by atoms with van der Waals surface area (Å²) in [6.45, 7) is 12.6. The van der Waals surface area contributed by atoms with Gasteiger partial charge in [0.05, 0.1) is 19.2 Å². The Balaban J connectivity index is 2.84. The molecule has 1 aliphatic rings. The third-order valence-corrected chi connectivity index (χ3v) is 8.76. The van der Waals surface area contributed by atoms with Gasteiger partial charge in [-0.15, -0.1) is 0 Å². The van der Waals surface area contributed by atoms with Gasteiger partial charge < -0.3 is 9.53 Å². The third-order valence-electron chi connectivity index (χ3n) is 4.26. The summed E-state index contributed by atoms with van der Waals surface area (Å²) in [4.78, 5) is 24.0. The molecule has 1 heterocycles. The second kappa shape index (κ2) is 5.69. The molecule has 0 aromatic heterocycles. The normalized spacial score (nSPS) is 20.9. The van der Waals surface area contributed by atoms with Crippen molar-refractivity contribution >= 4 is 20.2 Å². The Bertz CT molecular complexity index is 437. The molecule has 5 nitrogen and oxygen atoms in total. The van der Waals surface area contributed by atoms with Crippen molar-refractivity contribution in [2.75, 3.05) is 13.2 Å². The molecule has 1 N–H and O–H groups in total. The lowest BCUT2D eigenvalue weighted by molar-refractivity contribution is -0.117. The van der Waals surface area contributed by atoms with Crippen LogP contribution in [0.4, 0.5) is 4.79 Å². The van der Waals surface area contributed by atoms with Crippen molar-refractivity contribution in [3.8, 4) is 0 Å². The number of carbonyl (C=O) groups excluding carboxylic acids is 1. The van der Waals surface area contributed by atoms with Crippen LogP contribution in [0.3, 0.4) is 0 Å². The van der Waals surface area contributed by atoms with E-state index in [0.29, 0.717) is 12.2 Å². The molecule has 1 aliphatic heterocycles. The van der Waals surface area contributed by atoms with Gasteiger partial charge in [0.15, 0.2) is 14.1 Å². The fraction of sp³-hybridized carbons (Fsp3) is 0.714. The van der Waals surface area contributed by atoms with Crippen LogP contribution in [0.1, 0.15) is 27.7 Å². The van der Waals surface area contributed by atoms with Gasteiger partial charge in [-0.3, -0.25) is 9.69 Å². The smallest absolute Gasteiger partial charge is 0.408 e. The first-order chi connectivity index (χ1) is 8.95. The molecule has 0 aromatic carbocycles. The number of carbonyl (C=O) groups is 2. The second-order valence-electron chi connectivity index (χ2n) is 6.82. The molecule has 0 radical (unpaired) electrons. The van der Waals surface area contributed by atoms with Crippen LogP contribution in [0.5, 0.6) is 0 Å². The minimum Gasteiger partial charge on any atom is -0.465 e. The van der Waals surface area contributed by atoms with E-state index >= 15 is 0 Å². The van der Waals surface area contributed by atoms with Crippen molar-refractivity contribution in [1.29, 1.82) is 0 Å². The first-order valence-corrected chi connectivity index (χ1v) is 9.71. The molecule has 1 amide bonds. The summed E-state index contributed by atoms with van der Waals surface area (Å²) in [5.74, 6) is -0.143.